The van der Waals surface area contributed by atoms with E-state index in [4.69, 9.17) is 4.74 Å². The van der Waals surface area contributed by atoms with Crippen LogP contribution >= 0.6 is 0 Å². The molecule has 0 amide bonds. The van der Waals surface area contributed by atoms with Crippen molar-refractivity contribution in [3.8, 4) is 5.75 Å². The van der Waals surface area contributed by atoms with Crippen molar-refractivity contribution >= 4 is 67.8 Å². The number of rotatable bonds is 3. The Bertz CT molecular complexity index is 975. The van der Waals surface area contributed by atoms with Crippen LogP contribution in [-0.2, 0) is 4.79 Å². The van der Waals surface area contributed by atoms with E-state index < -0.39 is 0 Å². The van der Waals surface area contributed by atoms with Crippen LogP contribution in [-0.4, -0.2) is 35.5 Å². The van der Waals surface area contributed by atoms with Crippen LogP contribution in [0, 0.1) is 0 Å². The molecule has 4 aromatic carbocycles. The van der Waals surface area contributed by atoms with Crippen molar-refractivity contribution in [1.82, 2.24) is 0 Å². The maximum absolute atomic E-state index is 11.8. The van der Waals surface area contributed by atoms with Gasteiger partial charge in [-0.2, -0.15) is 0 Å². The summed E-state index contributed by atoms with van der Waals surface area (Å²) >= 11 is 0. The van der Waals surface area contributed by atoms with Gasteiger partial charge in [-0.15, -0.1) is 0 Å². The molecule has 4 aromatic rings. The van der Waals surface area contributed by atoms with E-state index in [9.17, 15) is 4.79 Å². The first-order valence-corrected chi connectivity index (χ1v) is 7.65. The van der Waals surface area contributed by atoms with Gasteiger partial charge in [-0.1, -0.05) is 49.4 Å². The predicted octanol–water partition coefficient (Wildman–Crippen LogP) is 4.64. The molecule has 0 aliphatic heterocycles. The van der Waals surface area contributed by atoms with Gasteiger partial charge in [0.25, 0.3) is 0 Å². The van der Waals surface area contributed by atoms with Crippen molar-refractivity contribution in [3.05, 3.63) is 54.6 Å². The molecular weight excluding hydrogens is 295 g/mol. The second-order valence-corrected chi connectivity index (χ2v) is 5.64. The third kappa shape index (κ3) is 2.72. The van der Waals surface area contributed by atoms with Crippen molar-refractivity contribution in [1.29, 1.82) is 0 Å². The molecule has 0 spiro atoms. The second-order valence-electron chi connectivity index (χ2n) is 5.64. The van der Waals surface area contributed by atoms with E-state index in [1.54, 1.807) is 0 Å². The average molecular weight is 312 g/mol. The number of benzene rings is 4. The Hall–Kier alpha value is -1.61. The third-order valence-corrected chi connectivity index (χ3v) is 4.17. The zero-order chi connectivity index (χ0) is 15.1. The fourth-order valence-corrected chi connectivity index (χ4v) is 3.18. The van der Waals surface area contributed by atoms with Crippen LogP contribution in [0.15, 0.2) is 54.6 Å². The summed E-state index contributed by atoms with van der Waals surface area (Å²) < 4.78 is 5.57. The molecule has 0 atom stereocenters. The van der Waals surface area contributed by atoms with E-state index in [2.05, 4.69) is 42.5 Å². The molecule has 0 aliphatic rings. The number of ether oxygens (including phenoxy) is 1. The van der Waals surface area contributed by atoms with Crippen LogP contribution in [0.5, 0.6) is 5.75 Å². The molecule has 110 valence electrons. The Morgan fingerprint density at radius 2 is 1.48 bits per heavy atom. The van der Waals surface area contributed by atoms with Gasteiger partial charge < -0.3 is 4.74 Å². The molecule has 0 saturated carbocycles. The Balaban J connectivity index is 0.00000156. The summed E-state index contributed by atoms with van der Waals surface area (Å²) in [6.45, 7) is 1.98. The minimum atomic E-state index is -0.169. The summed E-state index contributed by atoms with van der Waals surface area (Å²) in [4.78, 5) is 11.8. The van der Waals surface area contributed by atoms with E-state index >= 15 is 0 Å². The van der Waals surface area contributed by atoms with Crippen LogP contribution in [0.3, 0.4) is 0 Å². The first-order valence-electron chi connectivity index (χ1n) is 7.65. The summed E-state index contributed by atoms with van der Waals surface area (Å²) in [6.07, 6.45) is 1.24. The molecule has 0 aliphatic carbocycles. The van der Waals surface area contributed by atoms with E-state index in [1.165, 1.54) is 26.9 Å². The molecular formula is C20H17NaO2. The number of hydrogen-bond donors (Lipinski definition) is 0. The maximum atomic E-state index is 11.8. The second kappa shape index (κ2) is 6.48. The SMILES string of the molecule is CCCC(=O)Oc1ccc2ccc3cccc4ccc1c2c34.[NaH]. The summed E-state index contributed by atoms with van der Waals surface area (Å²) in [6, 6.07) is 18.7. The van der Waals surface area contributed by atoms with Gasteiger partial charge in [-0.25, -0.2) is 0 Å². The molecule has 0 bridgehead atoms. The standard InChI is InChI=1S/C20H16O2.Na.H/c1-2-4-18(21)22-17-12-10-15-8-7-13-5-3-6-14-9-11-16(17)20(15)19(13)14;;/h3,5-12H,2,4H2,1H3;;. The van der Waals surface area contributed by atoms with E-state index in [0.29, 0.717) is 12.2 Å². The van der Waals surface area contributed by atoms with Gasteiger partial charge in [0, 0.05) is 17.2 Å². The molecule has 2 nitrogen and oxygen atoms in total. The average Bonchev–Trinajstić information content (AvgIpc) is 2.54. The molecule has 0 saturated heterocycles. The zero-order valence-electron chi connectivity index (χ0n) is 12.4. The van der Waals surface area contributed by atoms with E-state index in [1.807, 2.05) is 19.1 Å². The number of hydrogen-bond acceptors (Lipinski definition) is 2. The van der Waals surface area contributed by atoms with Gasteiger partial charge in [0.1, 0.15) is 5.75 Å². The van der Waals surface area contributed by atoms with Crippen LogP contribution in [0.25, 0.3) is 32.3 Å². The Morgan fingerprint density at radius 3 is 2.17 bits per heavy atom. The van der Waals surface area contributed by atoms with Crippen molar-refractivity contribution in [2.45, 2.75) is 19.8 Å². The van der Waals surface area contributed by atoms with Gasteiger partial charge in [0.2, 0.25) is 0 Å². The molecule has 3 heteroatoms. The van der Waals surface area contributed by atoms with Crippen LogP contribution in [0.1, 0.15) is 19.8 Å². The molecule has 23 heavy (non-hydrogen) atoms. The number of carbonyl (C=O) groups is 1. The minimum absolute atomic E-state index is 0. The fourth-order valence-electron chi connectivity index (χ4n) is 3.18. The fraction of sp³-hybridized carbons (Fsp3) is 0.150. The summed E-state index contributed by atoms with van der Waals surface area (Å²) in [5.74, 6) is 0.488. The molecule has 0 unspecified atom stereocenters. The van der Waals surface area contributed by atoms with Gasteiger partial charge in [0.05, 0.1) is 0 Å². The van der Waals surface area contributed by atoms with Gasteiger partial charge in [-0.3, -0.25) is 4.79 Å². The van der Waals surface area contributed by atoms with Gasteiger partial charge in [0.15, 0.2) is 0 Å². The first kappa shape index (κ1) is 16.3. The molecule has 0 radical (unpaired) electrons. The van der Waals surface area contributed by atoms with Crippen molar-refractivity contribution in [2.75, 3.05) is 0 Å². The van der Waals surface area contributed by atoms with Crippen LogP contribution < -0.4 is 4.74 Å². The van der Waals surface area contributed by atoms with Gasteiger partial charge >= 0.3 is 35.5 Å². The summed E-state index contributed by atoms with van der Waals surface area (Å²) in [5.41, 5.74) is 0. The zero-order valence-corrected chi connectivity index (χ0v) is 12.4. The van der Waals surface area contributed by atoms with Crippen molar-refractivity contribution in [2.24, 2.45) is 0 Å². The first-order chi connectivity index (χ1) is 10.8. The normalized spacial score (nSPS) is 11.0. The van der Waals surface area contributed by atoms with Crippen LogP contribution in [0.2, 0.25) is 0 Å². The van der Waals surface area contributed by atoms with Gasteiger partial charge in [-0.05, 0) is 40.1 Å². The summed E-state index contributed by atoms with van der Waals surface area (Å²) in [7, 11) is 0. The molecule has 4 rings (SSSR count). The number of esters is 1. The predicted molar refractivity (Wildman–Crippen MR) is 97.8 cm³/mol. The Labute approximate surface area is 157 Å². The summed E-state index contributed by atoms with van der Waals surface area (Å²) in [5, 5.41) is 7.03. The van der Waals surface area contributed by atoms with E-state index in [-0.39, 0.29) is 35.5 Å². The van der Waals surface area contributed by atoms with Crippen molar-refractivity contribution in [3.63, 3.8) is 0 Å². The third-order valence-electron chi connectivity index (χ3n) is 4.17. The molecule has 0 fully saturated rings. The Morgan fingerprint density at radius 1 is 0.870 bits per heavy atom. The molecule has 0 N–H and O–H groups in total. The Kier molecular flexibility index (Phi) is 4.58. The number of carbonyl (C=O) groups excluding carboxylic acids is 1. The molecule has 0 aromatic heterocycles. The quantitative estimate of drug-likeness (QED) is 0.238. The topological polar surface area (TPSA) is 26.3 Å². The van der Waals surface area contributed by atoms with Crippen LogP contribution in [0.4, 0.5) is 0 Å². The molecule has 0 heterocycles. The van der Waals surface area contributed by atoms with E-state index in [0.717, 1.165) is 11.8 Å². The van der Waals surface area contributed by atoms with Crippen molar-refractivity contribution < 1.29 is 9.53 Å². The monoisotopic (exact) mass is 312 g/mol.